The fourth-order valence-corrected chi connectivity index (χ4v) is 3.85. The van der Waals surface area contributed by atoms with Crippen molar-refractivity contribution in [2.45, 2.75) is 6.54 Å². The molecule has 0 aliphatic carbocycles. The number of rotatable bonds is 4. The predicted molar refractivity (Wildman–Crippen MR) is 78.5 cm³/mol. The maximum Gasteiger partial charge on any atom is 0.348 e. The number of thiazole rings is 1. The highest BCUT2D eigenvalue weighted by Gasteiger charge is 2.21. The molecule has 1 fully saturated rings. The van der Waals surface area contributed by atoms with Crippen LogP contribution in [0.2, 0.25) is 0 Å². The second kappa shape index (κ2) is 6.01. The quantitative estimate of drug-likeness (QED) is 0.939. The van der Waals surface area contributed by atoms with Crippen LogP contribution in [0.25, 0.3) is 10.6 Å². The standard InChI is InChI=1S/C13H14N2O3S2/c16-13(17)12-11(9-2-1-7-19-9)14-10(20-12)8-15-3-5-18-6-4-15/h1-2,7H,3-6,8H2,(H,16,17). The van der Waals surface area contributed by atoms with Crippen LogP contribution < -0.4 is 0 Å². The van der Waals surface area contributed by atoms with E-state index in [1.54, 1.807) is 0 Å². The Hall–Kier alpha value is -1.28. The number of aromatic carboxylic acids is 1. The van der Waals surface area contributed by atoms with Gasteiger partial charge in [-0.2, -0.15) is 0 Å². The lowest BCUT2D eigenvalue weighted by molar-refractivity contribution is 0.0341. The third-order valence-electron chi connectivity index (χ3n) is 3.08. The summed E-state index contributed by atoms with van der Waals surface area (Å²) in [6.45, 7) is 3.90. The van der Waals surface area contributed by atoms with Gasteiger partial charge in [-0.05, 0) is 11.4 Å². The largest absolute Gasteiger partial charge is 0.477 e. The first-order chi connectivity index (χ1) is 9.74. The third kappa shape index (κ3) is 2.90. The van der Waals surface area contributed by atoms with E-state index >= 15 is 0 Å². The normalized spacial score (nSPS) is 16.4. The van der Waals surface area contributed by atoms with E-state index < -0.39 is 5.97 Å². The molecule has 0 aromatic carbocycles. The number of hydrogen-bond acceptors (Lipinski definition) is 6. The number of morpholine rings is 1. The molecule has 106 valence electrons. The van der Waals surface area contributed by atoms with Crippen molar-refractivity contribution in [3.8, 4) is 10.6 Å². The number of carboxylic acids is 1. The van der Waals surface area contributed by atoms with Gasteiger partial charge in [-0.25, -0.2) is 9.78 Å². The van der Waals surface area contributed by atoms with Gasteiger partial charge in [0.25, 0.3) is 0 Å². The molecule has 7 heteroatoms. The first kappa shape index (κ1) is 13.7. The lowest BCUT2D eigenvalue weighted by Crippen LogP contribution is -2.35. The Labute approximate surface area is 124 Å². The van der Waals surface area contributed by atoms with Crippen molar-refractivity contribution in [2.24, 2.45) is 0 Å². The molecule has 0 amide bonds. The highest BCUT2D eigenvalue weighted by molar-refractivity contribution is 7.16. The van der Waals surface area contributed by atoms with Crippen molar-refractivity contribution in [3.05, 3.63) is 27.4 Å². The summed E-state index contributed by atoms with van der Waals surface area (Å²) in [5.41, 5.74) is 0.598. The fourth-order valence-electron chi connectivity index (χ4n) is 2.11. The molecule has 5 nitrogen and oxygen atoms in total. The van der Waals surface area contributed by atoms with E-state index in [1.165, 1.54) is 22.7 Å². The fraction of sp³-hybridized carbons (Fsp3) is 0.385. The van der Waals surface area contributed by atoms with E-state index in [9.17, 15) is 9.90 Å². The van der Waals surface area contributed by atoms with E-state index in [2.05, 4.69) is 9.88 Å². The zero-order valence-corrected chi connectivity index (χ0v) is 12.4. The van der Waals surface area contributed by atoms with Crippen molar-refractivity contribution < 1.29 is 14.6 Å². The summed E-state index contributed by atoms with van der Waals surface area (Å²) in [4.78, 5) is 19.4. The number of aromatic nitrogens is 1. The van der Waals surface area contributed by atoms with Crippen LogP contribution in [0.3, 0.4) is 0 Å². The summed E-state index contributed by atoms with van der Waals surface area (Å²) in [5, 5.41) is 12.1. The number of ether oxygens (including phenoxy) is 1. The highest BCUT2D eigenvalue weighted by atomic mass is 32.1. The summed E-state index contributed by atoms with van der Waals surface area (Å²) >= 11 is 2.79. The molecule has 1 aliphatic rings. The van der Waals surface area contributed by atoms with Crippen LogP contribution >= 0.6 is 22.7 Å². The molecule has 0 bridgehead atoms. The summed E-state index contributed by atoms with van der Waals surface area (Å²) in [7, 11) is 0. The molecule has 1 saturated heterocycles. The molecule has 1 N–H and O–H groups in total. The van der Waals surface area contributed by atoms with E-state index in [-0.39, 0.29) is 0 Å². The minimum absolute atomic E-state index is 0.329. The van der Waals surface area contributed by atoms with Gasteiger partial charge < -0.3 is 9.84 Å². The zero-order valence-electron chi connectivity index (χ0n) is 10.7. The number of thiophene rings is 1. The van der Waals surface area contributed by atoms with Crippen molar-refractivity contribution in [1.82, 2.24) is 9.88 Å². The average molecular weight is 310 g/mol. The summed E-state index contributed by atoms with van der Waals surface area (Å²) < 4.78 is 5.31. The minimum atomic E-state index is -0.904. The zero-order chi connectivity index (χ0) is 13.9. The molecule has 1 aliphatic heterocycles. The van der Waals surface area contributed by atoms with Crippen LogP contribution in [0.1, 0.15) is 14.7 Å². The Balaban J connectivity index is 1.85. The van der Waals surface area contributed by atoms with Crippen LogP contribution in [0.4, 0.5) is 0 Å². The summed E-state index contributed by atoms with van der Waals surface area (Å²) in [6, 6.07) is 3.82. The van der Waals surface area contributed by atoms with Crippen LogP contribution in [-0.2, 0) is 11.3 Å². The van der Waals surface area contributed by atoms with Crippen LogP contribution in [0, 0.1) is 0 Å². The molecule has 3 heterocycles. The molecule has 0 saturated carbocycles. The van der Waals surface area contributed by atoms with Crippen molar-refractivity contribution in [3.63, 3.8) is 0 Å². The maximum absolute atomic E-state index is 11.4. The third-order valence-corrected chi connectivity index (χ3v) is 4.99. The van der Waals surface area contributed by atoms with E-state index in [4.69, 9.17) is 4.74 Å². The molecule has 2 aromatic heterocycles. The second-order valence-electron chi connectivity index (χ2n) is 4.46. The molecule has 20 heavy (non-hydrogen) atoms. The molecular formula is C13H14N2O3S2. The van der Waals surface area contributed by atoms with Gasteiger partial charge in [0.1, 0.15) is 15.6 Å². The summed E-state index contributed by atoms with van der Waals surface area (Å²) in [6.07, 6.45) is 0. The summed E-state index contributed by atoms with van der Waals surface area (Å²) in [5.74, 6) is -0.904. The van der Waals surface area contributed by atoms with Crippen molar-refractivity contribution in [2.75, 3.05) is 26.3 Å². The van der Waals surface area contributed by atoms with Crippen LogP contribution in [0.5, 0.6) is 0 Å². The van der Waals surface area contributed by atoms with Gasteiger partial charge in [0, 0.05) is 13.1 Å². The van der Waals surface area contributed by atoms with Gasteiger partial charge in [0.2, 0.25) is 0 Å². The van der Waals surface area contributed by atoms with Gasteiger partial charge in [-0.3, -0.25) is 4.90 Å². The second-order valence-corrected chi connectivity index (χ2v) is 6.49. The maximum atomic E-state index is 11.4. The number of carboxylic acid groups (broad SMARTS) is 1. The first-order valence-electron chi connectivity index (χ1n) is 6.31. The Morgan fingerprint density at radius 2 is 2.25 bits per heavy atom. The SMILES string of the molecule is O=C(O)c1sc(CN2CCOCC2)nc1-c1cccs1. The molecule has 3 rings (SSSR count). The lowest BCUT2D eigenvalue weighted by Gasteiger charge is -2.25. The van der Waals surface area contributed by atoms with Gasteiger partial charge in [0.15, 0.2) is 0 Å². The molecule has 0 radical (unpaired) electrons. The van der Waals surface area contributed by atoms with Gasteiger partial charge >= 0.3 is 5.97 Å². The number of hydrogen-bond donors (Lipinski definition) is 1. The van der Waals surface area contributed by atoms with E-state index in [0.29, 0.717) is 17.1 Å². The number of nitrogens with zero attached hydrogens (tertiary/aromatic N) is 2. The Morgan fingerprint density at radius 1 is 1.45 bits per heavy atom. The van der Waals surface area contributed by atoms with E-state index in [1.807, 2.05) is 17.5 Å². The first-order valence-corrected chi connectivity index (χ1v) is 8.00. The van der Waals surface area contributed by atoms with Crippen molar-refractivity contribution in [1.29, 1.82) is 0 Å². The monoisotopic (exact) mass is 310 g/mol. The predicted octanol–water partition coefficient (Wildman–Crippen LogP) is 2.40. The Morgan fingerprint density at radius 3 is 2.90 bits per heavy atom. The van der Waals surface area contributed by atoms with Gasteiger partial charge in [-0.15, -0.1) is 22.7 Å². The van der Waals surface area contributed by atoms with E-state index in [0.717, 1.165) is 36.2 Å². The van der Waals surface area contributed by atoms with Crippen LogP contribution in [-0.4, -0.2) is 47.3 Å². The highest BCUT2D eigenvalue weighted by Crippen LogP contribution is 2.32. The van der Waals surface area contributed by atoms with Crippen LogP contribution in [0.15, 0.2) is 17.5 Å². The average Bonchev–Trinajstić information content (AvgIpc) is 3.08. The lowest BCUT2D eigenvalue weighted by atomic mass is 10.3. The van der Waals surface area contributed by atoms with Gasteiger partial charge in [0.05, 0.1) is 24.6 Å². The smallest absolute Gasteiger partial charge is 0.348 e. The van der Waals surface area contributed by atoms with Gasteiger partial charge in [-0.1, -0.05) is 6.07 Å². The number of carbonyl (C=O) groups is 1. The molecular weight excluding hydrogens is 296 g/mol. The minimum Gasteiger partial charge on any atom is -0.477 e. The topological polar surface area (TPSA) is 62.7 Å². The van der Waals surface area contributed by atoms with Crippen molar-refractivity contribution >= 4 is 28.6 Å². The molecule has 0 atom stereocenters. The molecule has 0 unspecified atom stereocenters. The Kier molecular flexibility index (Phi) is 4.11. The Bertz CT molecular complexity index is 589. The molecule has 2 aromatic rings. The molecule has 0 spiro atoms.